The second-order valence-electron chi connectivity index (χ2n) is 8.01. The standard InChI is InChI=1S/C19H22ClNO3.C7H8O3S/c1-14(19(22)23)13-15-3-9-18(10-4-15)24-12-2-11-21-17-7-5-16(20)6-8-17;1-6-2-4-7(5-3-6)11(8,9)10/h3-10,14,21H,2,11-13H2,1H3,(H,22,23);2-5H,1H3,(H,8,9,10). The van der Waals surface area contributed by atoms with Crippen molar-refractivity contribution in [1.82, 2.24) is 0 Å². The summed E-state index contributed by atoms with van der Waals surface area (Å²) in [5.74, 6) is -0.354. The number of carboxylic acids is 1. The molecule has 3 rings (SSSR count). The van der Waals surface area contributed by atoms with Gasteiger partial charge in [-0.25, -0.2) is 0 Å². The molecule has 0 fully saturated rings. The van der Waals surface area contributed by atoms with Crippen LogP contribution >= 0.6 is 11.6 Å². The second kappa shape index (κ2) is 13.7. The Morgan fingerprint density at radius 2 is 1.60 bits per heavy atom. The number of aryl methyl sites for hydroxylation is 1. The molecule has 0 aliphatic carbocycles. The van der Waals surface area contributed by atoms with Crippen LogP contribution in [0, 0.1) is 12.8 Å². The van der Waals surface area contributed by atoms with E-state index in [2.05, 4.69) is 5.32 Å². The van der Waals surface area contributed by atoms with Crippen LogP contribution in [0.15, 0.2) is 77.7 Å². The highest BCUT2D eigenvalue weighted by atomic mass is 35.5. The summed E-state index contributed by atoms with van der Waals surface area (Å²) in [7, 11) is -4.02. The molecule has 0 aliphatic rings. The van der Waals surface area contributed by atoms with Crippen LogP contribution in [0.1, 0.15) is 24.5 Å². The van der Waals surface area contributed by atoms with Gasteiger partial charge in [0.15, 0.2) is 0 Å². The lowest BCUT2D eigenvalue weighted by atomic mass is 10.0. The number of anilines is 1. The van der Waals surface area contributed by atoms with Gasteiger partial charge in [0.2, 0.25) is 0 Å². The van der Waals surface area contributed by atoms with Gasteiger partial charge in [-0.1, -0.05) is 48.4 Å². The molecule has 3 N–H and O–H groups in total. The minimum absolute atomic E-state index is 0.0666. The van der Waals surface area contributed by atoms with E-state index in [0.29, 0.717) is 13.0 Å². The van der Waals surface area contributed by atoms with Crippen LogP contribution in [0.25, 0.3) is 0 Å². The van der Waals surface area contributed by atoms with Gasteiger partial charge in [0.1, 0.15) is 5.75 Å². The number of halogens is 1. The molecule has 0 aromatic heterocycles. The van der Waals surface area contributed by atoms with Crippen molar-refractivity contribution in [3.63, 3.8) is 0 Å². The molecule has 0 spiro atoms. The van der Waals surface area contributed by atoms with Gasteiger partial charge in [-0.2, -0.15) is 8.42 Å². The zero-order chi connectivity index (χ0) is 25.8. The number of carboxylic acid groups (broad SMARTS) is 1. The predicted molar refractivity (Wildman–Crippen MR) is 138 cm³/mol. The average molecular weight is 520 g/mol. The normalized spacial score (nSPS) is 11.7. The maximum Gasteiger partial charge on any atom is 0.306 e. The van der Waals surface area contributed by atoms with Crippen LogP contribution in [-0.2, 0) is 21.3 Å². The minimum Gasteiger partial charge on any atom is -0.494 e. The van der Waals surface area contributed by atoms with Crippen LogP contribution in [0.4, 0.5) is 5.69 Å². The first kappa shape index (κ1) is 28.2. The van der Waals surface area contributed by atoms with Gasteiger partial charge >= 0.3 is 5.97 Å². The highest BCUT2D eigenvalue weighted by Gasteiger charge is 2.11. The summed E-state index contributed by atoms with van der Waals surface area (Å²) in [5.41, 5.74) is 3.00. The van der Waals surface area contributed by atoms with Gasteiger partial charge in [0, 0.05) is 17.3 Å². The van der Waals surface area contributed by atoms with Crippen molar-refractivity contribution in [3.8, 4) is 5.75 Å². The number of aliphatic carboxylic acids is 1. The number of hydrogen-bond acceptors (Lipinski definition) is 5. The van der Waals surface area contributed by atoms with Gasteiger partial charge in [-0.15, -0.1) is 0 Å². The number of ether oxygens (including phenoxy) is 1. The van der Waals surface area contributed by atoms with Gasteiger partial charge in [-0.3, -0.25) is 9.35 Å². The first-order valence-corrected chi connectivity index (χ1v) is 12.8. The molecule has 188 valence electrons. The molecule has 9 heteroatoms. The van der Waals surface area contributed by atoms with Crippen molar-refractivity contribution < 1.29 is 27.6 Å². The molecular formula is C26H30ClNO6S. The minimum atomic E-state index is -4.02. The third-order valence-corrected chi connectivity index (χ3v) is 6.09. The Kier molecular flexibility index (Phi) is 11.0. The molecule has 0 amide bonds. The van der Waals surface area contributed by atoms with Gasteiger partial charge in [0.25, 0.3) is 10.1 Å². The molecule has 0 saturated carbocycles. The van der Waals surface area contributed by atoms with Crippen LogP contribution in [0.2, 0.25) is 5.02 Å². The Bertz CT molecular complexity index is 1160. The smallest absolute Gasteiger partial charge is 0.306 e. The topological polar surface area (TPSA) is 113 Å². The van der Waals surface area contributed by atoms with Crippen LogP contribution in [0.5, 0.6) is 5.75 Å². The zero-order valence-electron chi connectivity index (χ0n) is 19.6. The first-order valence-electron chi connectivity index (χ1n) is 11.0. The van der Waals surface area contributed by atoms with E-state index in [1.54, 1.807) is 19.1 Å². The molecule has 0 heterocycles. The summed E-state index contributed by atoms with van der Waals surface area (Å²) >= 11 is 5.84. The number of benzene rings is 3. The third-order valence-electron chi connectivity index (χ3n) is 4.97. The van der Waals surface area contributed by atoms with E-state index >= 15 is 0 Å². The monoisotopic (exact) mass is 519 g/mol. The maximum absolute atomic E-state index is 10.9. The van der Waals surface area contributed by atoms with Crippen molar-refractivity contribution in [1.29, 1.82) is 0 Å². The van der Waals surface area contributed by atoms with Crippen molar-refractivity contribution in [2.75, 3.05) is 18.5 Å². The van der Waals surface area contributed by atoms with Gasteiger partial charge in [-0.05, 0) is 73.9 Å². The average Bonchev–Trinajstić information content (AvgIpc) is 2.81. The molecule has 3 aromatic carbocycles. The quantitative estimate of drug-likeness (QED) is 0.232. The largest absolute Gasteiger partial charge is 0.494 e. The van der Waals surface area contributed by atoms with Gasteiger partial charge < -0.3 is 15.2 Å². The van der Waals surface area contributed by atoms with Crippen molar-refractivity contribution in [2.24, 2.45) is 5.92 Å². The second-order valence-corrected chi connectivity index (χ2v) is 9.87. The lowest BCUT2D eigenvalue weighted by Gasteiger charge is -2.10. The molecular weight excluding hydrogens is 490 g/mol. The van der Waals surface area contributed by atoms with Crippen LogP contribution in [0.3, 0.4) is 0 Å². The molecule has 7 nitrogen and oxygen atoms in total. The fourth-order valence-electron chi connectivity index (χ4n) is 2.94. The van der Waals surface area contributed by atoms with Crippen LogP contribution in [-0.4, -0.2) is 37.2 Å². The highest BCUT2D eigenvalue weighted by Crippen LogP contribution is 2.16. The summed E-state index contributed by atoms with van der Waals surface area (Å²) in [6, 6.07) is 21.2. The number of rotatable bonds is 10. The summed E-state index contributed by atoms with van der Waals surface area (Å²) in [4.78, 5) is 10.8. The lowest BCUT2D eigenvalue weighted by molar-refractivity contribution is -0.141. The number of hydrogen-bond donors (Lipinski definition) is 3. The van der Waals surface area contributed by atoms with E-state index in [1.807, 2.05) is 55.5 Å². The third kappa shape index (κ3) is 10.8. The van der Waals surface area contributed by atoms with E-state index in [-0.39, 0.29) is 10.8 Å². The van der Waals surface area contributed by atoms with Crippen molar-refractivity contribution >= 4 is 33.4 Å². The molecule has 0 radical (unpaired) electrons. The molecule has 1 unspecified atom stereocenters. The Labute approximate surface area is 211 Å². The van der Waals surface area contributed by atoms with E-state index in [0.717, 1.165) is 40.6 Å². The Balaban J connectivity index is 0.000000328. The predicted octanol–water partition coefficient (Wildman–Crippen LogP) is 5.73. The van der Waals surface area contributed by atoms with Gasteiger partial charge in [0.05, 0.1) is 17.4 Å². The fourth-order valence-corrected chi connectivity index (χ4v) is 3.54. The van der Waals surface area contributed by atoms with E-state index in [1.165, 1.54) is 12.1 Å². The lowest BCUT2D eigenvalue weighted by Crippen LogP contribution is -2.12. The molecule has 0 aliphatic heterocycles. The first-order chi connectivity index (χ1) is 16.5. The van der Waals surface area contributed by atoms with E-state index in [9.17, 15) is 13.2 Å². The molecule has 35 heavy (non-hydrogen) atoms. The van der Waals surface area contributed by atoms with Crippen molar-refractivity contribution in [3.05, 3.63) is 88.9 Å². The summed E-state index contributed by atoms with van der Waals surface area (Å²) in [6.07, 6.45) is 1.40. The van der Waals surface area contributed by atoms with Crippen LogP contribution < -0.4 is 10.1 Å². The molecule has 3 aromatic rings. The van der Waals surface area contributed by atoms with E-state index in [4.69, 9.17) is 26.0 Å². The maximum atomic E-state index is 10.9. The Hall–Kier alpha value is -3.07. The summed E-state index contributed by atoms with van der Waals surface area (Å²) in [5, 5.41) is 13.0. The summed E-state index contributed by atoms with van der Waals surface area (Å²) < 4.78 is 35.2. The number of nitrogens with one attached hydrogen (secondary N) is 1. The van der Waals surface area contributed by atoms with E-state index < -0.39 is 16.1 Å². The molecule has 1 atom stereocenters. The molecule has 0 saturated heterocycles. The van der Waals surface area contributed by atoms with Crippen molar-refractivity contribution in [2.45, 2.75) is 31.6 Å². The fraction of sp³-hybridized carbons (Fsp3) is 0.269. The highest BCUT2D eigenvalue weighted by molar-refractivity contribution is 7.85. The number of carbonyl (C=O) groups is 1. The zero-order valence-corrected chi connectivity index (χ0v) is 21.2. The Morgan fingerprint density at radius 3 is 2.14 bits per heavy atom. The SMILES string of the molecule is CC(Cc1ccc(OCCCNc2ccc(Cl)cc2)cc1)C(=O)O.Cc1ccc(S(=O)(=O)O)cc1. The Morgan fingerprint density at radius 1 is 1.00 bits per heavy atom. The summed E-state index contributed by atoms with van der Waals surface area (Å²) in [6.45, 7) is 4.98. The molecule has 0 bridgehead atoms.